The van der Waals surface area contributed by atoms with Crippen LogP contribution in [0.2, 0.25) is 0 Å². The third-order valence-electron chi connectivity index (χ3n) is 4.56. The zero-order valence-corrected chi connectivity index (χ0v) is 12.8. The van der Waals surface area contributed by atoms with E-state index >= 15 is 0 Å². The molecule has 22 heavy (non-hydrogen) atoms. The number of benzene rings is 2. The average Bonchev–Trinajstić information content (AvgIpc) is 3.40. The van der Waals surface area contributed by atoms with Gasteiger partial charge in [0.1, 0.15) is 0 Å². The summed E-state index contributed by atoms with van der Waals surface area (Å²) in [5.41, 5.74) is 3.85. The van der Waals surface area contributed by atoms with Gasteiger partial charge in [-0.1, -0.05) is 48.5 Å². The molecule has 0 atom stereocenters. The van der Waals surface area contributed by atoms with E-state index in [0.717, 1.165) is 17.3 Å². The second kappa shape index (κ2) is 5.13. The van der Waals surface area contributed by atoms with Crippen molar-refractivity contribution in [2.75, 3.05) is 0 Å². The fourth-order valence-electron chi connectivity index (χ4n) is 3.42. The van der Waals surface area contributed by atoms with E-state index < -0.39 is 0 Å². The van der Waals surface area contributed by atoms with Gasteiger partial charge in [-0.2, -0.15) is 0 Å². The van der Waals surface area contributed by atoms with Gasteiger partial charge in [-0.25, -0.2) is 0 Å². The van der Waals surface area contributed by atoms with Crippen molar-refractivity contribution < 1.29 is 0 Å². The topological polar surface area (TPSA) is 22.0 Å². The van der Waals surface area contributed by atoms with Crippen molar-refractivity contribution in [3.8, 4) is 11.1 Å². The van der Waals surface area contributed by atoms with Crippen molar-refractivity contribution in [3.05, 3.63) is 70.6 Å². The SMILES string of the molecule is CCn1c(C2CC2)c(-c2ccccc2)c2ccccc2c1=O. The molecule has 2 heteroatoms. The average molecular weight is 289 g/mol. The van der Waals surface area contributed by atoms with Gasteiger partial charge >= 0.3 is 0 Å². The predicted molar refractivity (Wildman–Crippen MR) is 91.3 cm³/mol. The van der Waals surface area contributed by atoms with Crippen LogP contribution < -0.4 is 5.56 Å². The van der Waals surface area contributed by atoms with Crippen molar-refractivity contribution in [1.29, 1.82) is 0 Å². The number of fused-ring (bicyclic) bond motifs is 1. The van der Waals surface area contributed by atoms with Gasteiger partial charge in [0.05, 0.1) is 0 Å². The molecule has 3 aromatic rings. The first-order chi connectivity index (χ1) is 10.8. The highest BCUT2D eigenvalue weighted by atomic mass is 16.1. The lowest BCUT2D eigenvalue weighted by molar-refractivity contribution is 0.686. The summed E-state index contributed by atoms with van der Waals surface area (Å²) in [7, 11) is 0. The molecule has 1 aliphatic carbocycles. The Kier molecular flexibility index (Phi) is 3.11. The second-order valence-corrected chi connectivity index (χ2v) is 6.00. The highest BCUT2D eigenvalue weighted by Gasteiger charge is 2.31. The van der Waals surface area contributed by atoms with E-state index in [1.54, 1.807) is 0 Å². The molecule has 2 aromatic carbocycles. The Balaban J connectivity index is 2.19. The van der Waals surface area contributed by atoms with Crippen LogP contribution in [0.15, 0.2) is 59.4 Å². The molecule has 4 rings (SSSR count). The molecule has 1 saturated carbocycles. The van der Waals surface area contributed by atoms with E-state index in [0.29, 0.717) is 5.92 Å². The minimum Gasteiger partial charge on any atom is -0.311 e. The molecule has 110 valence electrons. The van der Waals surface area contributed by atoms with Gasteiger partial charge in [0.2, 0.25) is 0 Å². The largest absolute Gasteiger partial charge is 0.311 e. The molecule has 1 aliphatic rings. The Labute approximate surface area is 130 Å². The predicted octanol–water partition coefficient (Wildman–Crippen LogP) is 4.57. The summed E-state index contributed by atoms with van der Waals surface area (Å²) >= 11 is 0. The summed E-state index contributed by atoms with van der Waals surface area (Å²) in [6.45, 7) is 2.80. The Morgan fingerprint density at radius 2 is 1.59 bits per heavy atom. The molecule has 1 heterocycles. The van der Waals surface area contributed by atoms with Crippen LogP contribution in [0.5, 0.6) is 0 Å². The molecule has 2 nitrogen and oxygen atoms in total. The van der Waals surface area contributed by atoms with Crippen LogP contribution >= 0.6 is 0 Å². The zero-order chi connectivity index (χ0) is 15.1. The normalized spacial score (nSPS) is 14.4. The zero-order valence-electron chi connectivity index (χ0n) is 12.8. The first-order valence-corrected chi connectivity index (χ1v) is 8.02. The van der Waals surface area contributed by atoms with E-state index in [2.05, 4.69) is 37.3 Å². The Morgan fingerprint density at radius 1 is 0.955 bits per heavy atom. The number of hydrogen-bond donors (Lipinski definition) is 0. The van der Waals surface area contributed by atoms with Gasteiger partial charge in [0.15, 0.2) is 0 Å². The lowest BCUT2D eigenvalue weighted by atomic mass is 9.95. The van der Waals surface area contributed by atoms with E-state index in [-0.39, 0.29) is 5.56 Å². The summed E-state index contributed by atoms with van der Waals surface area (Å²) in [5.74, 6) is 0.535. The molecule has 0 spiro atoms. The molecule has 0 saturated heterocycles. The molecular weight excluding hydrogens is 270 g/mol. The molecule has 0 amide bonds. The first-order valence-electron chi connectivity index (χ1n) is 8.02. The van der Waals surface area contributed by atoms with Gasteiger partial charge < -0.3 is 4.57 Å². The smallest absolute Gasteiger partial charge is 0.258 e. The van der Waals surface area contributed by atoms with Gasteiger partial charge in [-0.05, 0) is 36.8 Å². The van der Waals surface area contributed by atoms with E-state index in [9.17, 15) is 4.79 Å². The second-order valence-electron chi connectivity index (χ2n) is 6.00. The minimum absolute atomic E-state index is 0.152. The molecule has 0 bridgehead atoms. The number of pyridine rings is 1. The van der Waals surface area contributed by atoms with Crippen LogP contribution in [-0.4, -0.2) is 4.57 Å². The molecule has 0 unspecified atom stereocenters. The van der Waals surface area contributed by atoms with Gasteiger partial charge in [0, 0.05) is 29.1 Å². The maximum Gasteiger partial charge on any atom is 0.258 e. The van der Waals surface area contributed by atoms with Crippen molar-refractivity contribution >= 4 is 10.8 Å². The Morgan fingerprint density at radius 3 is 2.23 bits per heavy atom. The summed E-state index contributed by atoms with van der Waals surface area (Å²) < 4.78 is 1.99. The van der Waals surface area contributed by atoms with Crippen LogP contribution in [0.3, 0.4) is 0 Å². The summed E-state index contributed by atoms with van der Waals surface area (Å²) in [6, 6.07) is 18.5. The Bertz CT molecular complexity index is 889. The monoisotopic (exact) mass is 289 g/mol. The summed E-state index contributed by atoms with van der Waals surface area (Å²) in [4.78, 5) is 12.9. The number of hydrogen-bond acceptors (Lipinski definition) is 1. The molecule has 0 aliphatic heterocycles. The van der Waals surface area contributed by atoms with Crippen LogP contribution in [0.4, 0.5) is 0 Å². The van der Waals surface area contributed by atoms with Crippen molar-refractivity contribution in [2.45, 2.75) is 32.2 Å². The van der Waals surface area contributed by atoms with Crippen molar-refractivity contribution in [1.82, 2.24) is 4.57 Å². The summed E-state index contributed by atoms with van der Waals surface area (Å²) in [6.07, 6.45) is 2.38. The maximum atomic E-state index is 12.9. The summed E-state index contributed by atoms with van der Waals surface area (Å²) in [5, 5.41) is 1.91. The molecule has 1 fully saturated rings. The van der Waals surface area contributed by atoms with Gasteiger partial charge in [-0.15, -0.1) is 0 Å². The fourth-order valence-corrected chi connectivity index (χ4v) is 3.42. The third-order valence-corrected chi connectivity index (χ3v) is 4.56. The lowest BCUT2D eigenvalue weighted by Crippen LogP contribution is -2.23. The number of nitrogens with zero attached hydrogens (tertiary/aromatic N) is 1. The molecule has 0 radical (unpaired) electrons. The maximum absolute atomic E-state index is 12.9. The quantitative estimate of drug-likeness (QED) is 0.692. The van der Waals surface area contributed by atoms with Crippen LogP contribution in [0, 0.1) is 0 Å². The van der Waals surface area contributed by atoms with Crippen LogP contribution in [0.25, 0.3) is 21.9 Å². The van der Waals surface area contributed by atoms with E-state index in [1.165, 1.54) is 29.7 Å². The number of aromatic nitrogens is 1. The first kappa shape index (κ1) is 13.3. The van der Waals surface area contributed by atoms with Gasteiger partial charge in [-0.3, -0.25) is 4.79 Å². The van der Waals surface area contributed by atoms with Gasteiger partial charge in [0.25, 0.3) is 5.56 Å². The fraction of sp³-hybridized carbons (Fsp3) is 0.250. The highest BCUT2D eigenvalue weighted by molar-refractivity contribution is 5.97. The Hall–Kier alpha value is -2.35. The molecular formula is C20H19NO. The highest BCUT2D eigenvalue weighted by Crippen LogP contribution is 2.45. The van der Waals surface area contributed by atoms with Crippen LogP contribution in [-0.2, 0) is 6.54 Å². The van der Waals surface area contributed by atoms with Crippen molar-refractivity contribution in [2.24, 2.45) is 0 Å². The van der Waals surface area contributed by atoms with Crippen molar-refractivity contribution in [3.63, 3.8) is 0 Å². The minimum atomic E-state index is 0.152. The van der Waals surface area contributed by atoms with Crippen LogP contribution in [0.1, 0.15) is 31.4 Å². The lowest BCUT2D eigenvalue weighted by Gasteiger charge is -2.19. The number of rotatable bonds is 3. The van der Waals surface area contributed by atoms with E-state index in [4.69, 9.17) is 0 Å². The molecule has 1 aromatic heterocycles. The molecule has 0 N–H and O–H groups in total. The van der Waals surface area contributed by atoms with E-state index in [1.807, 2.05) is 28.8 Å². The third kappa shape index (κ3) is 1.98. The standard InChI is InChI=1S/C20H19NO/c1-2-21-19(15-12-13-15)18(14-8-4-3-5-9-14)16-10-6-7-11-17(16)20(21)22/h3-11,15H,2,12-13H2,1H3.